The van der Waals surface area contributed by atoms with Crippen molar-refractivity contribution in [3.8, 4) is 0 Å². The lowest BCUT2D eigenvalue weighted by molar-refractivity contribution is 0.0381. The number of nitrogens with zero attached hydrogens (tertiary/aromatic N) is 1. The number of thioether (sulfide) groups is 1. The molecule has 2 saturated heterocycles. The Kier molecular flexibility index (Phi) is 3.91. The lowest BCUT2D eigenvalue weighted by Gasteiger charge is -2.31. The number of hydrogen-bond acceptors (Lipinski definition) is 4. The van der Waals surface area contributed by atoms with Crippen LogP contribution >= 0.6 is 11.8 Å². The van der Waals surface area contributed by atoms with Gasteiger partial charge in [0.05, 0.1) is 13.2 Å². The maximum absolute atomic E-state index is 5.32. The zero-order valence-electron chi connectivity index (χ0n) is 8.00. The van der Waals surface area contributed by atoms with Crippen molar-refractivity contribution in [2.75, 3.05) is 51.7 Å². The Balaban J connectivity index is 1.69. The summed E-state index contributed by atoms with van der Waals surface area (Å²) in [6.45, 7) is 7.69. The number of nitrogens with one attached hydrogen (secondary N) is 1. The molecule has 1 unspecified atom stereocenters. The van der Waals surface area contributed by atoms with Gasteiger partial charge in [-0.25, -0.2) is 0 Å². The second-order valence-electron chi connectivity index (χ2n) is 3.61. The van der Waals surface area contributed by atoms with Gasteiger partial charge in [0.25, 0.3) is 0 Å². The van der Waals surface area contributed by atoms with Gasteiger partial charge < -0.3 is 10.1 Å². The summed E-state index contributed by atoms with van der Waals surface area (Å²) < 4.78 is 5.32. The first kappa shape index (κ1) is 9.77. The molecule has 0 radical (unpaired) electrons. The van der Waals surface area contributed by atoms with Crippen molar-refractivity contribution in [1.29, 1.82) is 0 Å². The SMILES string of the molecule is C1CSC(CN2CCOCC2)CN1. The molecule has 0 spiro atoms. The van der Waals surface area contributed by atoms with E-state index in [9.17, 15) is 0 Å². The van der Waals surface area contributed by atoms with Gasteiger partial charge in [-0.1, -0.05) is 0 Å². The number of ether oxygens (including phenoxy) is 1. The van der Waals surface area contributed by atoms with Gasteiger partial charge in [-0.05, 0) is 0 Å². The van der Waals surface area contributed by atoms with E-state index in [0.717, 1.165) is 31.6 Å². The smallest absolute Gasteiger partial charge is 0.0594 e. The van der Waals surface area contributed by atoms with Crippen LogP contribution in [0.25, 0.3) is 0 Å². The van der Waals surface area contributed by atoms with Crippen LogP contribution in [0.5, 0.6) is 0 Å². The molecular weight excluding hydrogens is 184 g/mol. The molecule has 4 heteroatoms. The standard InChI is InChI=1S/C9H18N2OS/c1-6-13-9(7-10-1)8-11-2-4-12-5-3-11/h9-10H,1-8H2. The molecule has 2 aliphatic rings. The predicted molar refractivity (Wildman–Crippen MR) is 56.4 cm³/mol. The number of hydrogen-bond donors (Lipinski definition) is 1. The Morgan fingerprint density at radius 3 is 2.92 bits per heavy atom. The lowest BCUT2D eigenvalue weighted by Crippen LogP contribution is -2.44. The normalized spacial score (nSPS) is 31.8. The topological polar surface area (TPSA) is 24.5 Å². The molecule has 0 saturated carbocycles. The van der Waals surface area contributed by atoms with Crippen molar-refractivity contribution in [2.24, 2.45) is 0 Å². The summed E-state index contributed by atoms with van der Waals surface area (Å²) in [5, 5.41) is 4.24. The van der Waals surface area contributed by atoms with E-state index in [1.165, 1.54) is 25.4 Å². The zero-order valence-corrected chi connectivity index (χ0v) is 8.81. The fourth-order valence-electron chi connectivity index (χ4n) is 1.81. The molecule has 0 aromatic heterocycles. The number of rotatable bonds is 2. The monoisotopic (exact) mass is 202 g/mol. The maximum atomic E-state index is 5.32. The minimum absolute atomic E-state index is 0.798. The van der Waals surface area contributed by atoms with E-state index in [1.807, 2.05) is 0 Å². The molecule has 1 atom stereocenters. The Bertz CT molecular complexity index is 129. The first-order chi connectivity index (χ1) is 6.45. The van der Waals surface area contributed by atoms with E-state index in [4.69, 9.17) is 4.74 Å². The lowest BCUT2D eigenvalue weighted by atomic mass is 10.3. The molecule has 1 N–H and O–H groups in total. The Morgan fingerprint density at radius 1 is 1.38 bits per heavy atom. The van der Waals surface area contributed by atoms with E-state index >= 15 is 0 Å². The zero-order chi connectivity index (χ0) is 8.93. The molecule has 3 nitrogen and oxygen atoms in total. The summed E-state index contributed by atoms with van der Waals surface area (Å²) in [5.41, 5.74) is 0. The number of morpholine rings is 1. The second kappa shape index (κ2) is 5.20. The molecule has 0 aliphatic carbocycles. The fourth-order valence-corrected chi connectivity index (χ4v) is 2.96. The van der Waals surface area contributed by atoms with Crippen LogP contribution in [0.4, 0.5) is 0 Å². The molecule has 2 heterocycles. The van der Waals surface area contributed by atoms with E-state index < -0.39 is 0 Å². The highest BCUT2D eigenvalue weighted by Crippen LogP contribution is 2.15. The summed E-state index contributed by atoms with van der Waals surface area (Å²) in [5.74, 6) is 1.27. The molecule has 0 bridgehead atoms. The fraction of sp³-hybridized carbons (Fsp3) is 1.00. The third kappa shape index (κ3) is 3.13. The van der Waals surface area contributed by atoms with Crippen molar-refractivity contribution in [2.45, 2.75) is 5.25 Å². The van der Waals surface area contributed by atoms with E-state index in [1.54, 1.807) is 0 Å². The van der Waals surface area contributed by atoms with Crippen LogP contribution in [0.15, 0.2) is 0 Å². The van der Waals surface area contributed by atoms with Gasteiger partial charge in [-0.3, -0.25) is 4.90 Å². The summed E-state index contributed by atoms with van der Waals surface area (Å²) in [7, 11) is 0. The van der Waals surface area contributed by atoms with Gasteiger partial charge in [-0.15, -0.1) is 0 Å². The van der Waals surface area contributed by atoms with Crippen molar-refractivity contribution in [3.63, 3.8) is 0 Å². The van der Waals surface area contributed by atoms with Crippen molar-refractivity contribution in [1.82, 2.24) is 10.2 Å². The van der Waals surface area contributed by atoms with Gasteiger partial charge >= 0.3 is 0 Å². The first-order valence-electron chi connectivity index (χ1n) is 5.07. The van der Waals surface area contributed by atoms with Crippen LogP contribution in [0.2, 0.25) is 0 Å². The first-order valence-corrected chi connectivity index (χ1v) is 6.12. The van der Waals surface area contributed by atoms with Crippen molar-refractivity contribution >= 4 is 11.8 Å². The minimum Gasteiger partial charge on any atom is -0.379 e. The molecule has 76 valence electrons. The van der Waals surface area contributed by atoms with E-state index in [2.05, 4.69) is 22.0 Å². The highest BCUT2D eigenvalue weighted by molar-refractivity contribution is 8.00. The van der Waals surface area contributed by atoms with Crippen LogP contribution in [0.1, 0.15) is 0 Å². The molecule has 2 rings (SSSR count). The summed E-state index contributed by atoms with van der Waals surface area (Å²) >= 11 is 2.11. The van der Waals surface area contributed by atoms with Crippen LogP contribution in [0.3, 0.4) is 0 Å². The maximum Gasteiger partial charge on any atom is 0.0594 e. The summed E-state index contributed by atoms with van der Waals surface area (Å²) in [4.78, 5) is 2.52. The summed E-state index contributed by atoms with van der Waals surface area (Å²) in [6, 6.07) is 0. The van der Waals surface area contributed by atoms with E-state index in [0.29, 0.717) is 0 Å². The predicted octanol–water partition coefficient (Wildman–Crippen LogP) is 0.0236. The highest BCUT2D eigenvalue weighted by Gasteiger charge is 2.18. The average Bonchev–Trinajstić information content (AvgIpc) is 2.21. The molecule has 2 fully saturated rings. The van der Waals surface area contributed by atoms with Crippen molar-refractivity contribution < 1.29 is 4.74 Å². The Hall–Kier alpha value is 0.230. The van der Waals surface area contributed by atoms with Gasteiger partial charge in [0.2, 0.25) is 0 Å². The third-order valence-electron chi connectivity index (χ3n) is 2.57. The van der Waals surface area contributed by atoms with Crippen LogP contribution in [-0.4, -0.2) is 61.8 Å². The van der Waals surface area contributed by atoms with Crippen molar-refractivity contribution in [3.05, 3.63) is 0 Å². The highest BCUT2D eigenvalue weighted by atomic mass is 32.2. The molecule has 13 heavy (non-hydrogen) atoms. The van der Waals surface area contributed by atoms with Crippen LogP contribution in [0, 0.1) is 0 Å². The third-order valence-corrected chi connectivity index (χ3v) is 3.80. The Labute approximate surface area is 84.2 Å². The molecule has 0 amide bonds. The van der Waals surface area contributed by atoms with Gasteiger partial charge in [0.1, 0.15) is 0 Å². The molecule has 2 aliphatic heterocycles. The average molecular weight is 202 g/mol. The Morgan fingerprint density at radius 2 is 2.23 bits per heavy atom. The largest absolute Gasteiger partial charge is 0.379 e. The molecule has 0 aromatic carbocycles. The quantitative estimate of drug-likeness (QED) is 0.682. The van der Waals surface area contributed by atoms with Gasteiger partial charge in [0.15, 0.2) is 0 Å². The van der Waals surface area contributed by atoms with Gasteiger partial charge in [0, 0.05) is 43.7 Å². The molecule has 0 aromatic rings. The molecular formula is C9H18N2OS. The summed E-state index contributed by atoms with van der Waals surface area (Å²) in [6.07, 6.45) is 0. The van der Waals surface area contributed by atoms with Crippen LogP contribution < -0.4 is 5.32 Å². The second-order valence-corrected chi connectivity index (χ2v) is 5.02. The van der Waals surface area contributed by atoms with Crippen LogP contribution in [-0.2, 0) is 4.74 Å². The van der Waals surface area contributed by atoms with E-state index in [-0.39, 0.29) is 0 Å². The minimum atomic E-state index is 0.798. The van der Waals surface area contributed by atoms with Gasteiger partial charge in [-0.2, -0.15) is 11.8 Å².